The molecular formula is C17H19Br2N. The minimum Gasteiger partial charge on any atom is -0.310 e. The van der Waals surface area contributed by atoms with Gasteiger partial charge in [0.2, 0.25) is 0 Å². The molecule has 20 heavy (non-hydrogen) atoms. The molecule has 106 valence electrons. The highest BCUT2D eigenvalue weighted by molar-refractivity contribution is 9.10. The van der Waals surface area contributed by atoms with Crippen molar-refractivity contribution in [1.29, 1.82) is 0 Å². The van der Waals surface area contributed by atoms with E-state index in [0.29, 0.717) is 6.04 Å². The first-order valence-electron chi connectivity index (χ1n) is 6.85. The standard InChI is InChI=1S/C17H19Br2N/c1-3-20-16(11-13-8-4-5-10-15(13)18)14-9-6-7-12(2)17(14)19/h4-10,16,20H,3,11H2,1-2H3. The third-order valence-electron chi connectivity index (χ3n) is 3.43. The summed E-state index contributed by atoms with van der Waals surface area (Å²) in [5.41, 5.74) is 3.92. The van der Waals surface area contributed by atoms with Crippen molar-refractivity contribution in [3.05, 3.63) is 68.1 Å². The van der Waals surface area contributed by atoms with Gasteiger partial charge in [0.15, 0.2) is 0 Å². The van der Waals surface area contributed by atoms with Crippen LogP contribution in [-0.4, -0.2) is 6.54 Å². The second kappa shape index (κ2) is 7.39. The average molecular weight is 397 g/mol. The summed E-state index contributed by atoms with van der Waals surface area (Å²) >= 11 is 7.37. The van der Waals surface area contributed by atoms with Crippen molar-refractivity contribution in [2.45, 2.75) is 26.3 Å². The molecule has 0 saturated heterocycles. The number of rotatable bonds is 5. The second-order valence-electron chi connectivity index (χ2n) is 4.88. The first kappa shape index (κ1) is 15.7. The lowest BCUT2D eigenvalue weighted by Gasteiger charge is -2.21. The fraction of sp³-hybridized carbons (Fsp3) is 0.294. The highest BCUT2D eigenvalue weighted by Crippen LogP contribution is 2.30. The Hall–Kier alpha value is -0.640. The molecule has 0 aliphatic heterocycles. The Morgan fingerprint density at radius 1 is 1.05 bits per heavy atom. The van der Waals surface area contributed by atoms with Crippen LogP contribution in [0.1, 0.15) is 29.7 Å². The van der Waals surface area contributed by atoms with Crippen molar-refractivity contribution in [1.82, 2.24) is 5.32 Å². The van der Waals surface area contributed by atoms with E-state index < -0.39 is 0 Å². The molecule has 0 heterocycles. The van der Waals surface area contributed by atoms with Gasteiger partial charge in [-0.2, -0.15) is 0 Å². The Balaban J connectivity index is 2.32. The summed E-state index contributed by atoms with van der Waals surface area (Å²) in [5, 5.41) is 3.59. The van der Waals surface area contributed by atoms with Gasteiger partial charge in [0.1, 0.15) is 0 Å². The molecule has 0 aliphatic rings. The van der Waals surface area contributed by atoms with Crippen LogP contribution in [0.15, 0.2) is 51.4 Å². The van der Waals surface area contributed by atoms with E-state index in [1.807, 2.05) is 0 Å². The minimum atomic E-state index is 0.313. The van der Waals surface area contributed by atoms with Gasteiger partial charge in [-0.15, -0.1) is 0 Å². The van der Waals surface area contributed by atoms with E-state index in [9.17, 15) is 0 Å². The Labute approximate surface area is 138 Å². The van der Waals surface area contributed by atoms with E-state index in [1.54, 1.807) is 0 Å². The summed E-state index contributed by atoms with van der Waals surface area (Å²) < 4.78 is 2.38. The van der Waals surface area contributed by atoms with Crippen molar-refractivity contribution < 1.29 is 0 Å². The zero-order chi connectivity index (χ0) is 14.5. The van der Waals surface area contributed by atoms with Crippen LogP contribution in [0.25, 0.3) is 0 Å². The van der Waals surface area contributed by atoms with Crippen LogP contribution in [0.4, 0.5) is 0 Å². The van der Waals surface area contributed by atoms with Crippen LogP contribution in [0.3, 0.4) is 0 Å². The van der Waals surface area contributed by atoms with Crippen molar-refractivity contribution in [2.24, 2.45) is 0 Å². The Kier molecular flexibility index (Phi) is 5.82. The van der Waals surface area contributed by atoms with Gasteiger partial charge in [-0.25, -0.2) is 0 Å². The molecule has 0 spiro atoms. The SMILES string of the molecule is CCNC(Cc1ccccc1Br)c1cccc(C)c1Br. The molecule has 1 nitrogen and oxygen atoms in total. The molecule has 0 fully saturated rings. The molecule has 0 radical (unpaired) electrons. The highest BCUT2D eigenvalue weighted by Gasteiger charge is 2.16. The molecule has 1 unspecified atom stereocenters. The van der Waals surface area contributed by atoms with E-state index in [4.69, 9.17) is 0 Å². The topological polar surface area (TPSA) is 12.0 Å². The molecule has 3 heteroatoms. The van der Waals surface area contributed by atoms with E-state index >= 15 is 0 Å². The van der Waals surface area contributed by atoms with Crippen LogP contribution >= 0.6 is 31.9 Å². The van der Waals surface area contributed by atoms with Crippen LogP contribution in [0.5, 0.6) is 0 Å². The number of nitrogens with one attached hydrogen (secondary N) is 1. The molecule has 0 amide bonds. The first-order chi connectivity index (χ1) is 9.63. The Morgan fingerprint density at radius 3 is 2.50 bits per heavy atom. The average Bonchev–Trinajstić information content (AvgIpc) is 2.44. The summed E-state index contributed by atoms with van der Waals surface area (Å²) in [4.78, 5) is 0. The molecule has 1 N–H and O–H groups in total. The fourth-order valence-electron chi connectivity index (χ4n) is 2.36. The zero-order valence-corrected chi connectivity index (χ0v) is 15.0. The number of halogens is 2. The third-order valence-corrected chi connectivity index (χ3v) is 5.29. The molecule has 0 saturated carbocycles. The molecule has 2 aromatic rings. The number of hydrogen-bond donors (Lipinski definition) is 1. The summed E-state index contributed by atoms with van der Waals surface area (Å²) in [6.07, 6.45) is 0.970. The number of likely N-dealkylation sites (N-methyl/N-ethyl adjacent to an activating group) is 1. The van der Waals surface area contributed by atoms with Gasteiger partial charge in [0, 0.05) is 15.0 Å². The Morgan fingerprint density at radius 2 is 1.80 bits per heavy atom. The van der Waals surface area contributed by atoms with Gasteiger partial charge >= 0.3 is 0 Å². The monoisotopic (exact) mass is 395 g/mol. The van der Waals surface area contributed by atoms with Crippen LogP contribution in [0.2, 0.25) is 0 Å². The van der Waals surface area contributed by atoms with Gasteiger partial charge in [0.05, 0.1) is 0 Å². The maximum Gasteiger partial charge on any atom is 0.0372 e. The van der Waals surface area contributed by atoms with Crippen molar-refractivity contribution in [2.75, 3.05) is 6.54 Å². The van der Waals surface area contributed by atoms with E-state index in [2.05, 4.69) is 93.5 Å². The summed E-state index contributed by atoms with van der Waals surface area (Å²) in [6, 6.07) is 15.2. The number of benzene rings is 2. The molecular weight excluding hydrogens is 378 g/mol. The van der Waals surface area contributed by atoms with Crippen LogP contribution < -0.4 is 5.32 Å². The largest absolute Gasteiger partial charge is 0.310 e. The zero-order valence-electron chi connectivity index (χ0n) is 11.8. The van der Waals surface area contributed by atoms with E-state index in [1.165, 1.54) is 25.6 Å². The maximum absolute atomic E-state index is 3.73. The van der Waals surface area contributed by atoms with Gasteiger partial charge in [-0.05, 0) is 42.6 Å². The van der Waals surface area contributed by atoms with Gasteiger partial charge < -0.3 is 5.32 Å². The molecule has 0 aromatic heterocycles. The molecule has 2 rings (SSSR count). The summed E-state index contributed by atoms with van der Waals surface area (Å²) in [6.45, 7) is 5.24. The lowest BCUT2D eigenvalue weighted by Crippen LogP contribution is -2.23. The van der Waals surface area contributed by atoms with E-state index in [0.717, 1.165) is 13.0 Å². The quantitative estimate of drug-likeness (QED) is 0.711. The third kappa shape index (κ3) is 3.72. The molecule has 2 aromatic carbocycles. The fourth-order valence-corrected chi connectivity index (χ4v) is 3.35. The van der Waals surface area contributed by atoms with Crippen molar-refractivity contribution in [3.8, 4) is 0 Å². The number of hydrogen-bond acceptors (Lipinski definition) is 1. The van der Waals surface area contributed by atoms with Gasteiger partial charge in [0.25, 0.3) is 0 Å². The maximum atomic E-state index is 3.73. The molecule has 1 atom stereocenters. The number of aryl methyl sites for hydroxylation is 1. The molecule has 0 bridgehead atoms. The second-order valence-corrected chi connectivity index (χ2v) is 6.53. The van der Waals surface area contributed by atoms with Crippen molar-refractivity contribution in [3.63, 3.8) is 0 Å². The van der Waals surface area contributed by atoms with Crippen molar-refractivity contribution >= 4 is 31.9 Å². The van der Waals surface area contributed by atoms with Crippen LogP contribution in [0, 0.1) is 6.92 Å². The lowest BCUT2D eigenvalue weighted by molar-refractivity contribution is 0.547. The summed E-state index contributed by atoms with van der Waals surface area (Å²) in [7, 11) is 0. The normalized spacial score (nSPS) is 12.4. The van der Waals surface area contributed by atoms with Gasteiger partial charge in [-0.1, -0.05) is 75.2 Å². The smallest absolute Gasteiger partial charge is 0.0372 e. The predicted molar refractivity (Wildman–Crippen MR) is 93.1 cm³/mol. The Bertz CT molecular complexity index is 581. The predicted octanol–water partition coefficient (Wildman–Crippen LogP) is 5.41. The van der Waals surface area contributed by atoms with Gasteiger partial charge in [-0.3, -0.25) is 0 Å². The highest BCUT2D eigenvalue weighted by atomic mass is 79.9. The van der Waals surface area contributed by atoms with E-state index in [-0.39, 0.29) is 0 Å². The van der Waals surface area contributed by atoms with Crippen LogP contribution in [-0.2, 0) is 6.42 Å². The first-order valence-corrected chi connectivity index (χ1v) is 8.44. The summed E-state index contributed by atoms with van der Waals surface area (Å²) in [5.74, 6) is 0. The molecule has 0 aliphatic carbocycles. The lowest BCUT2D eigenvalue weighted by atomic mass is 9.97. The minimum absolute atomic E-state index is 0.313.